The predicted octanol–water partition coefficient (Wildman–Crippen LogP) is 2.48. The van der Waals surface area contributed by atoms with Crippen molar-refractivity contribution < 1.29 is 4.74 Å². The van der Waals surface area contributed by atoms with Crippen molar-refractivity contribution in [3.63, 3.8) is 0 Å². The molecule has 0 aliphatic carbocycles. The highest BCUT2D eigenvalue weighted by Gasteiger charge is 2.17. The van der Waals surface area contributed by atoms with Crippen LogP contribution < -0.4 is 15.4 Å². The lowest BCUT2D eigenvalue weighted by Gasteiger charge is -2.30. The van der Waals surface area contributed by atoms with Crippen molar-refractivity contribution in [2.45, 2.75) is 33.2 Å². The highest BCUT2D eigenvalue weighted by atomic mass is 16.5. The molecule has 0 bridgehead atoms. The molecule has 0 aromatic heterocycles. The van der Waals surface area contributed by atoms with Gasteiger partial charge in [-0.25, -0.2) is 4.99 Å². The smallest absolute Gasteiger partial charge is 0.191 e. The number of piperidine rings is 1. The molecular formula is C19H32N4O. The van der Waals surface area contributed by atoms with Crippen LogP contribution in [0.25, 0.3) is 0 Å². The van der Waals surface area contributed by atoms with Crippen LogP contribution in [-0.4, -0.2) is 50.7 Å². The fraction of sp³-hybridized carbons (Fsp3) is 0.632. The Balaban J connectivity index is 1.92. The van der Waals surface area contributed by atoms with Crippen molar-refractivity contribution >= 4 is 5.96 Å². The number of likely N-dealkylation sites (tertiary alicyclic amines) is 1. The van der Waals surface area contributed by atoms with E-state index in [1.165, 1.54) is 25.9 Å². The van der Waals surface area contributed by atoms with Crippen molar-refractivity contribution in [1.29, 1.82) is 0 Å². The summed E-state index contributed by atoms with van der Waals surface area (Å²) in [5, 5.41) is 6.84. The number of hydrogen-bond acceptors (Lipinski definition) is 3. The van der Waals surface area contributed by atoms with Crippen molar-refractivity contribution in [2.75, 3.05) is 39.8 Å². The first kappa shape index (κ1) is 18.6. The number of guanidine groups is 1. The second-order valence-electron chi connectivity index (χ2n) is 6.39. The van der Waals surface area contributed by atoms with Crippen molar-refractivity contribution in [1.82, 2.24) is 15.5 Å². The van der Waals surface area contributed by atoms with E-state index in [0.29, 0.717) is 19.1 Å². The van der Waals surface area contributed by atoms with Crippen LogP contribution in [0.1, 0.15) is 32.3 Å². The average molecular weight is 332 g/mol. The lowest BCUT2D eigenvalue weighted by molar-refractivity contribution is 0.210. The molecule has 0 spiro atoms. The fourth-order valence-corrected chi connectivity index (χ4v) is 3.12. The Morgan fingerprint density at radius 1 is 1.29 bits per heavy atom. The topological polar surface area (TPSA) is 48.9 Å². The maximum Gasteiger partial charge on any atom is 0.191 e. The molecular weight excluding hydrogens is 300 g/mol. The number of ether oxygens (including phenoxy) is 1. The zero-order valence-electron chi connectivity index (χ0n) is 15.3. The molecule has 5 nitrogen and oxygen atoms in total. The van der Waals surface area contributed by atoms with Crippen LogP contribution in [0.15, 0.2) is 29.3 Å². The van der Waals surface area contributed by atoms with E-state index in [0.717, 1.165) is 30.4 Å². The molecule has 1 saturated heterocycles. The van der Waals surface area contributed by atoms with Gasteiger partial charge in [0.25, 0.3) is 0 Å². The quantitative estimate of drug-likeness (QED) is 0.595. The number of nitrogens with one attached hydrogen (secondary N) is 2. The van der Waals surface area contributed by atoms with Gasteiger partial charge in [-0.3, -0.25) is 0 Å². The summed E-state index contributed by atoms with van der Waals surface area (Å²) in [6.07, 6.45) is 2.59. The number of hydrogen-bond donors (Lipinski definition) is 2. The highest BCUT2D eigenvalue weighted by molar-refractivity contribution is 5.79. The monoisotopic (exact) mass is 332 g/mol. The standard InChI is InChI=1S/C19H32N4O/c1-4-20-19(21-13-16-9-8-12-23(3)15-16)22-14-17-10-6-7-11-18(17)24-5-2/h6-7,10-11,16H,4-5,8-9,12-15H2,1-3H3,(H2,20,21,22). The zero-order chi connectivity index (χ0) is 17.2. The number of nitrogens with zero attached hydrogens (tertiary/aromatic N) is 2. The molecule has 0 radical (unpaired) electrons. The van der Waals surface area contributed by atoms with Crippen molar-refractivity contribution in [3.05, 3.63) is 29.8 Å². The minimum atomic E-state index is 0.621. The Morgan fingerprint density at radius 3 is 2.88 bits per heavy atom. The summed E-state index contributed by atoms with van der Waals surface area (Å²) in [5.41, 5.74) is 1.12. The van der Waals surface area contributed by atoms with Gasteiger partial charge in [0, 0.05) is 25.2 Å². The molecule has 1 unspecified atom stereocenters. The van der Waals surface area contributed by atoms with Crippen LogP contribution >= 0.6 is 0 Å². The largest absolute Gasteiger partial charge is 0.494 e. The van der Waals surface area contributed by atoms with Gasteiger partial charge in [-0.05, 0) is 52.3 Å². The Labute approximate surface area is 146 Å². The number of para-hydroxylation sites is 1. The van der Waals surface area contributed by atoms with E-state index in [-0.39, 0.29) is 0 Å². The number of benzene rings is 1. The van der Waals surface area contributed by atoms with Gasteiger partial charge in [-0.2, -0.15) is 0 Å². The molecule has 2 rings (SSSR count). The summed E-state index contributed by atoms with van der Waals surface area (Å²) in [4.78, 5) is 7.15. The molecule has 0 saturated carbocycles. The van der Waals surface area contributed by atoms with Crippen LogP contribution in [-0.2, 0) is 6.54 Å². The lowest BCUT2D eigenvalue weighted by atomic mass is 9.99. The predicted molar refractivity (Wildman–Crippen MR) is 101 cm³/mol. The summed E-state index contributed by atoms with van der Waals surface area (Å²) in [7, 11) is 2.20. The molecule has 5 heteroatoms. The minimum Gasteiger partial charge on any atom is -0.494 e. The summed E-state index contributed by atoms with van der Waals surface area (Å²) in [6, 6.07) is 8.12. The summed E-state index contributed by atoms with van der Waals surface area (Å²) < 4.78 is 5.68. The molecule has 2 N–H and O–H groups in total. The first-order valence-electron chi connectivity index (χ1n) is 9.14. The molecule has 24 heavy (non-hydrogen) atoms. The third-order valence-electron chi connectivity index (χ3n) is 4.30. The maximum absolute atomic E-state index is 5.68. The maximum atomic E-state index is 5.68. The summed E-state index contributed by atoms with van der Waals surface area (Å²) >= 11 is 0. The first-order valence-corrected chi connectivity index (χ1v) is 9.14. The van der Waals surface area contributed by atoms with Gasteiger partial charge in [0.05, 0.1) is 13.2 Å². The highest BCUT2D eigenvalue weighted by Crippen LogP contribution is 2.18. The zero-order valence-corrected chi connectivity index (χ0v) is 15.3. The Kier molecular flexibility index (Phi) is 7.89. The Morgan fingerprint density at radius 2 is 2.12 bits per heavy atom. The van der Waals surface area contributed by atoms with E-state index in [1.54, 1.807) is 0 Å². The lowest BCUT2D eigenvalue weighted by Crippen LogP contribution is -2.43. The van der Waals surface area contributed by atoms with Crippen LogP contribution in [0, 0.1) is 5.92 Å². The molecule has 1 aliphatic heterocycles. The summed E-state index contributed by atoms with van der Waals surface area (Å²) in [6.45, 7) is 9.63. The normalized spacial score (nSPS) is 19.1. The molecule has 1 aliphatic rings. The number of aliphatic imine (C=N–C) groups is 1. The van der Waals surface area contributed by atoms with E-state index in [9.17, 15) is 0 Å². The molecule has 1 aromatic carbocycles. The van der Waals surface area contributed by atoms with Crippen molar-refractivity contribution in [2.24, 2.45) is 10.9 Å². The van der Waals surface area contributed by atoms with E-state index in [4.69, 9.17) is 9.73 Å². The fourth-order valence-electron chi connectivity index (χ4n) is 3.12. The van der Waals surface area contributed by atoms with Gasteiger partial charge in [-0.15, -0.1) is 0 Å². The second-order valence-corrected chi connectivity index (χ2v) is 6.39. The van der Waals surface area contributed by atoms with E-state index in [1.807, 2.05) is 25.1 Å². The van der Waals surface area contributed by atoms with Crippen molar-refractivity contribution in [3.8, 4) is 5.75 Å². The van der Waals surface area contributed by atoms with Gasteiger partial charge in [0.15, 0.2) is 5.96 Å². The third kappa shape index (κ3) is 6.04. The number of rotatable bonds is 7. The van der Waals surface area contributed by atoms with Gasteiger partial charge in [0.1, 0.15) is 5.75 Å². The molecule has 1 atom stereocenters. The minimum absolute atomic E-state index is 0.621. The van der Waals surface area contributed by atoms with Gasteiger partial charge < -0.3 is 20.3 Å². The first-order chi connectivity index (χ1) is 11.7. The van der Waals surface area contributed by atoms with Crippen LogP contribution in [0.2, 0.25) is 0 Å². The van der Waals surface area contributed by atoms with E-state index < -0.39 is 0 Å². The van der Waals surface area contributed by atoms with Gasteiger partial charge in [0.2, 0.25) is 0 Å². The van der Waals surface area contributed by atoms with Gasteiger partial charge >= 0.3 is 0 Å². The van der Waals surface area contributed by atoms with E-state index >= 15 is 0 Å². The molecule has 134 valence electrons. The SMILES string of the molecule is CCNC(=NCc1ccccc1OCC)NCC1CCCN(C)C1. The molecule has 0 amide bonds. The second kappa shape index (κ2) is 10.2. The van der Waals surface area contributed by atoms with Crippen LogP contribution in [0.3, 0.4) is 0 Å². The average Bonchev–Trinajstić information content (AvgIpc) is 2.59. The molecule has 1 fully saturated rings. The Bertz CT molecular complexity index is 518. The molecule has 1 heterocycles. The molecule has 1 aromatic rings. The van der Waals surface area contributed by atoms with Gasteiger partial charge in [-0.1, -0.05) is 18.2 Å². The summed E-state index contributed by atoms with van der Waals surface area (Å²) in [5.74, 6) is 2.51. The third-order valence-corrected chi connectivity index (χ3v) is 4.30. The van der Waals surface area contributed by atoms with Crippen LogP contribution in [0.4, 0.5) is 0 Å². The van der Waals surface area contributed by atoms with E-state index in [2.05, 4.69) is 35.6 Å². The Hall–Kier alpha value is -1.75. The van der Waals surface area contributed by atoms with Crippen LogP contribution in [0.5, 0.6) is 5.75 Å².